The van der Waals surface area contributed by atoms with Gasteiger partial charge in [0.1, 0.15) is 0 Å². The third kappa shape index (κ3) is 9.47. The van der Waals surface area contributed by atoms with Gasteiger partial charge in [0.15, 0.2) is 0 Å². The summed E-state index contributed by atoms with van der Waals surface area (Å²) in [5, 5.41) is 0. The molecular weight excluding hydrogens is 1120 g/mol. The molecule has 0 spiro atoms. The monoisotopic (exact) mass is 1190 g/mol. The van der Waals surface area contributed by atoms with Crippen molar-refractivity contribution >= 4 is 39.7 Å². The minimum atomic E-state index is -0.933. The highest BCUT2D eigenvalue weighted by Crippen LogP contribution is 2.70. The Morgan fingerprint density at radius 3 is 1.23 bits per heavy atom. The number of hydrogen-bond donors (Lipinski definition) is 0. The average Bonchev–Trinajstić information content (AvgIpc) is 1.50. The molecule has 2 atom stereocenters. The highest BCUT2D eigenvalue weighted by atomic mass is 15.2. The highest BCUT2D eigenvalue weighted by molar-refractivity contribution is 6.00. The van der Waals surface area contributed by atoms with E-state index in [0.29, 0.717) is 0 Å². The van der Waals surface area contributed by atoms with Crippen molar-refractivity contribution in [1.82, 2.24) is 0 Å². The summed E-state index contributed by atoms with van der Waals surface area (Å²) in [4.78, 5) is 5.07. The summed E-state index contributed by atoms with van der Waals surface area (Å²) in [6, 6.07) is 117. The zero-order valence-electron chi connectivity index (χ0n) is 53.4. The largest absolute Gasteiger partial charge is 0.309 e. The third-order valence-corrected chi connectivity index (χ3v) is 19.7. The molecule has 0 N–H and O–H groups in total. The summed E-state index contributed by atoms with van der Waals surface area (Å²) in [5.74, 6) is 0. The van der Waals surface area contributed by atoms with E-state index < -0.39 is 10.8 Å². The molecule has 2 aliphatic carbocycles. The number of anilines is 6. The maximum atomic E-state index is 4.42. The van der Waals surface area contributed by atoms with Crippen LogP contribution in [0.1, 0.15) is 68.1 Å². The van der Waals surface area contributed by atoms with Crippen LogP contribution in [0.15, 0.2) is 340 Å². The van der Waals surface area contributed by atoms with Gasteiger partial charge in [0.2, 0.25) is 0 Å². The number of benzene rings is 13. The molecule has 2 unspecified atom stereocenters. The molecule has 0 radical (unpaired) electrons. The van der Waals surface area contributed by atoms with Crippen LogP contribution in [-0.2, 0) is 10.8 Å². The van der Waals surface area contributed by atoms with Crippen molar-refractivity contribution in [3.63, 3.8) is 0 Å². The molecule has 15 rings (SSSR count). The Labute approximate surface area is 548 Å². The number of rotatable bonds is 15. The topological polar surface area (TPSA) is 6.48 Å². The van der Waals surface area contributed by atoms with Crippen LogP contribution in [0.4, 0.5) is 34.1 Å². The van der Waals surface area contributed by atoms with E-state index in [0.717, 1.165) is 73.1 Å². The maximum absolute atomic E-state index is 4.42. The van der Waals surface area contributed by atoms with Crippen molar-refractivity contribution in [1.29, 1.82) is 0 Å². The van der Waals surface area contributed by atoms with Gasteiger partial charge in [-0.2, -0.15) is 0 Å². The summed E-state index contributed by atoms with van der Waals surface area (Å²) in [6.45, 7) is 15.3. The lowest BCUT2D eigenvalue weighted by molar-refractivity contribution is 0.437. The van der Waals surface area contributed by atoms with Crippen LogP contribution >= 0.6 is 0 Å². The third-order valence-electron chi connectivity index (χ3n) is 19.7. The van der Waals surface area contributed by atoms with Gasteiger partial charge in [-0.3, -0.25) is 0 Å². The van der Waals surface area contributed by atoms with Gasteiger partial charge in [-0.15, -0.1) is 0 Å². The summed E-state index contributed by atoms with van der Waals surface area (Å²) >= 11 is 0. The molecule has 0 aliphatic heterocycles. The molecule has 13 aromatic carbocycles. The second kappa shape index (κ2) is 24.1. The predicted octanol–water partition coefficient (Wildman–Crippen LogP) is 24.3. The van der Waals surface area contributed by atoms with Gasteiger partial charge in [-0.1, -0.05) is 303 Å². The molecule has 0 amide bonds. The van der Waals surface area contributed by atoms with Crippen LogP contribution in [0.3, 0.4) is 0 Å². The van der Waals surface area contributed by atoms with Crippen LogP contribution in [0, 0.1) is 27.7 Å². The van der Waals surface area contributed by atoms with Crippen molar-refractivity contribution in [2.45, 2.75) is 45.4 Å². The lowest BCUT2D eigenvalue weighted by Crippen LogP contribution is -2.50. The predicted molar refractivity (Wildman–Crippen MR) is 394 cm³/mol. The van der Waals surface area contributed by atoms with E-state index >= 15 is 0 Å². The molecule has 2 nitrogen and oxygen atoms in total. The molecular formula is C91H72N2. The van der Waals surface area contributed by atoms with Crippen LogP contribution in [0.5, 0.6) is 0 Å². The first-order valence-corrected chi connectivity index (χ1v) is 32.5. The average molecular weight is 1190 g/mol. The number of allylic oxidation sites excluding steroid dienone is 5. The second-order valence-electron chi connectivity index (χ2n) is 24.9. The molecule has 0 saturated heterocycles. The number of para-hydroxylation sites is 4. The fourth-order valence-electron chi connectivity index (χ4n) is 15.6. The van der Waals surface area contributed by atoms with Crippen molar-refractivity contribution in [3.8, 4) is 55.6 Å². The van der Waals surface area contributed by atoms with Crippen LogP contribution < -0.4 is 9.80 Å². The summed E-state index contributed by atoms with van der Waals surface area (Å²) in [7, 11) is 0. The van der Waals surface area contributed by atoms with E-state index in [-0.39, 0.29) is 0 Å². The number of fused-ring (bicyclic) bond motifs is 6. The fraction of sp³-hybridized carbons (Fsp3) is 0.0769. The Morgan fingerprint density at radius 2 is 0.731 bits per heavy atom. The first-order valence-electron chi connectivity index (χ1n) is 32.5. The molecule has 0 aromatic heterocycles. The van der Waals surface area contributed by atoms with Gasteiger partial charge >= 0.3 is 0 Å². The molecule has 0 fully saturated rings. The number of hydrogen-bond acceptors (Lipinski definition) is 2. The van der Waals surface area contributed by atoms with Gasteiger partial charge in [0.05, 0.1) is 33.6 Å². The smallest absolute Gasteiger partial charge is 0.0642 e. The fourth-order valence-corrected chi connectivity index (χ4v) is 15.6. The minimum absolute atomic E-state index is 0.931. The van der Waals surface area contributed by atoms with E-state index in [1.54, 1.807) is 0 Å². The first-order chi connectivity index (χ1) is 45.7. The Hall–Kier alpha value is -11.3. The quantitative estimate of drug-likeness (QED) is 0.0944. The van der Waals surface area contributed by atoms with Crippen molar-refractivity contribution < 1.29 is 0 Å². The lowest BCUT2D eigenvalue weighted by Gasteiger charge is -2.51. The molecule has 93 heavy (non-hydrogen) atoms. The Kier molecular flexibility index (Phi) is 15.1. The zero-order chi connectivity index (χ0) is 63.2. The standard InChI is InChI=1S/C91H72N2/c1-7-9-34-66(8-2)74-41-18-24-50-86(74)92(87-51-25-19-42-75(87)67-35-28-31-62(3)58-67)71-54-56-79-77-44-16-22-48-82(77)90(84(79)60-71,69-37-12-10-13-38-69)91(70-39-14-11-15-40-70)83-49-23-17-45-78(83)80-57-55-72(61-85(80)91)93(88-52-26-20-43-76(88)68-36-29-32-63(4)59-68)89-53-27-21-46-81(89)73-47-30-33-64(5)65(73)6/h7-61H,2H2,1,3-6H3. The zero-order valence-corrected chi connectivity index (χ0v) is 53.4. The van der Waals surface area contributed by atoms with Crippen molar-refractivity contribution in [2.75, 3.05) is 9.80 Å². The summed E-state index contributed by atoms with van der Waals surface area (Å²) in [5.41, 5.74) is 30.7. The molecule has 2 aliphatic rings. The maximum Gasteiger partial charge on any atom is 0.0642 e. The highest BCUT2D eigenvalue weighted by Gasteiger charge is 2.64. The van der Waals surface area contributed by atoms with E-state index in [2.05, 4.69) is 379 Å². The molecule has 0 saturated carbocycles. The molecule has 0 heterocycles. The Bertz CT molecular complexity index is 5080. The Balaban J connectivity index is 1.08. The van der Waals surface area contributed by atoms with Crippen molar-refractivity contribution in [2.24, 2.45) is 0 Å². The molecule has 2 heteroatoms. The van der Waals surface area contributed by atoms with E-state index in [9.17, 15) is 0 Å². The minimum Gasteiger partial charge on any atom is -0.309 e. The van der Waals surface area contributed by atoms with Crippen LogP contribution in [0.2, 0.25) is 0 Å². The lowest BCUT2D eigenvalue weighted by atomic mass is 9.49. The van der Waals surface area contributed by atoms with Gasteiger partial charge in [0.25, 0.3) is 0 Å². The number of aryl methyl sites for hydroxylation is 3. The Morgan fingerprint density at radius 1 is 0.333 bits per heavy atom. The summed E-state index contributed by atoms with van der Waals surface area (Å²) in [6.07, 6.45) is 8.35. The summed E-state index contributed by atoms with van der Waals surface area (Å²) < 4.78 is 0. The van der Waals surface area contributed by atoms with E-state index in [4.69, 9.17) is 0 Å². The molecule has 446 valence electrons. The molecule has 13 aromatic rings. The van der Waals surface area contributed by atoms with Gasteiger partial charge in [0, 0.05) is 33.6 Å². The van der Waals surface area contributed by atoms with Gasteiger partial charge in [-0.05, 0) is 172 Å². The number of nitrogens with zero attached hydrogens (tertiary/aromatic N) is 2. The van der Waals surface area contributed by atoms with Gasteiger partial charge in [-0.25, -0.2) is 0 Å². The SMILES string of the molecule is C=CC(=CC=CC)c1ccccc1N(c1ccc2c(c1)C(c1ccccc1)(C1(c3ccccc3)c3ccccc3-c3ccc(N(c4ccccc4-c4cccc(C)c4)c4ccccc4-c4cccc(C)c4C)cc31)c1ccccc1-2)c1ccccc1-c1cccc(C)c1. The van der Waals surface area contributed by atoms with E-state index in [1.807, 2.05) is 6.08 Å². The van der Waals surface area contributed by atoms with Crippen LogP contribution in [0.25, 0.3) is 61.2 Å². The molecule has 0 bridgehead atoms. The second-order valence-corrected chi connectivity index (χ2v) is 24.9. The normalized spacial score (nSPS) is 15.3. The van der Waals surface area contributed by atoms with Gasteiger partial charge < -0.3 is 9.80 Å². The van der Waals surface area contributed by atoms with Crippen LogP contribution in [-0.4, -0.2) is 0 Å². The van der Waals surface area contributed by atoms with E-state index in [1.165, 1.54) is 83.5 Å². The van der Waals surface area contributed by atoms with Crippen molar-refractivity contribution in [3.05, 3.63) is 401 Å². The first kappa shape index (κ1) is 58.1.